The van der Waals surface area contributed by atoms with E-state index < -0.39 is 0 Å². The van der Waals surface area contributed by atoms with E-state index in [1.54, 1.807) is 0 Å². The first-order valence-electron chi connectivity index (χ1n) is 6.96. The quantitative estimate of drug-likeness (QED) is 0.665. The Kier molecular flexibility index (Phi) is 6.45. The molecule has 3 nitrogen and oxygen atoms in total. The Balaban J connectivity index is 1.88. The molecule has 1 N–H and O–H groups in total. The van der Waals surface area contributed by atoms with E-state index in [9.17, 15) is 0 Å². The topological polar surface area (TPSA) is 30.5 Å². The molecule has 1 unspecified atom stereocenters. The summed E-state index contributed by atoms with van der Waals surface area (Å²) < 4.78 is 11.5. The predicted octanol–water partition coefficient (Wildman–Crippen LogP) is 2.60. The van der Waals surface area contributed by atoms with E-state index in [-0.39, 0.29) is 5.60 Å². The zero-order valence-corrected chi connectivity index (χ0v) is 11.9. The molecule has 0 saturated carbocycles. The van der Waals surface area contributed by atoms with Gasteiger partial charge in [-0.15, -0.1) is 0 Å². The van der Waals surface area contributed by atoms with E-state index in [4.69, 9.17) is 9.47 Å². The van der Waals surface area contributed by atoms with Crippen molar-refractivity contribution in [2.24, 2.45) is 5.92 Å². The lowest BCUT2D eigenvalue weighted by Gasteiger charge is -2.19. The van der Waals surface area contributed by atoms with Crippen molar-refractivity contribution in [3.8, 4) is 0 Å². The summed E-state index contributed by atoms with van der Waals surface area (Å²) in [7, 11) is 0. The standard InChI is InChI=1S/C14H29NO2/c1-12(2)6-9-16-10-8-15-11-13-5-7-14(3,4)17-13/h12-13,15H,5-11H2,1-4H3. The van der Waals surface area contributed by atoms with Gasteiger partial charge in [0.15, 0.2) is 0 Å². The van der Waals surface area contributed by atoms with Crippen LogP contribution in [0.4, 0.5) is 0 Å². The summed E-state index contributed by atoms with van der Waals surface area (Å²) in [4.78, 5) is 0. The third-order valence-corrected chi connectivity index (χ3v) is 3.19. The molecule has 1 heterocycles. The molecular weight excluding hydrogens is 214 g/mol. The van der Waals surface area contributed by atoms with Crippen LogP contribution in [0.2, 0.25) is 0 Å². The molecule has 102 valence electrons. The van der Waals surface area contributed by atoms with Gasteiger partial charge in [-0.05, 0) is 39.0 Å². The van der Waals surface area contributed by atoms with Gasteiger partial charge in [0.25, 0.3) is 0 Å². The first-order valence-corrected chi connectivity index (χ1v) is 6.96. The van der Waals surface area contributed by atoms with Crippen molar-refractivity contribution < 1.29 is 9.47 Å². The molecule has 0 aliphatic carbocycles. The van der Waals surface area contributed by atoms with Crippen LogP contribution in [0.1, 0.15) is 47.0 Å². The van der Waals surface area contributed by atoms with Crippen LogP contribution < -0.4 is 5.32 Å². The van der Waals surface area contributed by atoms with Crippen molar-refractivity contribution in [2.75, 3.05) is 26.3 Å². The van der Waals surface area contributed by atoms with Gasteiger partial charge in [0.2, 0.25) is 0 Å². The lowest BCUT2D eigenvalue weighted by molar-refractivity contribution is -0.0147. The molecule has 1 aliphatic rings. The highest BCUT2D eigenvalue weighted by molar-refractivity contribution is 4.81. The van der Waals surface area contributed by atoms with Gasteiger partial charge in [-0.2, -0.15) is 0 Å². The fraction of sp³-hybridized carbons (Fsp3) is 1.00. The van der Waals surface area contributed by atoms with Crippen molar-refractivity contribution in [3.63, 3.8) is 0 Å². The van der Waals surface area contributed by atoms with E-state index in [0.717, 1.165) is 38.6 Å². The van der Waals surface area contributed by atoms with Gasteiger partial charge < -0.3 is 14.8 Å². The third-order valence-electron chi connectivity index (χ3n) is 3.19. The van der Waals surface area contributed by atoms with E-state index in [1.807, 2.05) is 0 Å². The molecule has 1 atom stereocenters. The van der Waals surface area contributed by atoms with Crippen LogP contribution in [0.15, 0.2) is 0 Å². The van der Waals surface area contributed by atoms with Crippen LogP contribution in [0.5, 0.6) is 0 Å². The minimum atomic E-state index is 0.0834. The number of nitrogens with one attached hydrogen (secondary N) is 1. The summed E-state index contributed by atoms with van der Waals surface area (Å²) in [5, 5.41) is 3.40. The van der Waals surface area contributed by atoms with Crippen molar-refractivity contribution >= 4 is 0 Å². The lowest BCUT2D eigenvalue weighted by Crippen LogP contribution is -2.31. The van der Waals surface area contributed by atoms with Gasteiger partial charge in [-0.3, -0.25) is 0 Å². The highest BCUT2D eigenvalue weighted by Gasteiger charge is 2.30. The summed E-state index contributed by atoms with van der Waals surface area (Å²) in [6.07, 6.45) is 3.89. The van der Waals surface area contributed by atoms with Gasteiger partial charge in [0.1, 0.15) is 0 Å². The first kappa shape index (κ1) is 14.9. The summed E-state index contributed by atoms with van der Waals surface area (Å²) in [5.41, 5.74) is 0.0834. The van der Waals surface area contributed by atoms with Crippen LogP contribution in [-0.4, -0.2) is 38.0 Å². The number of ether oxygens (including phenoxy) is 2. The maximum absolute atomic E-state index is 5.90. The highest BCUT2D eigenvalue weighted by atomic mass is 16.5. The molecule has 1 aliphatic heterocycles. The Labute approximate surface area is 106 Å². The van der Waals surface area contributed by atoms with E-state index in [2.05, 4.69) is 33.0 Å². The molecule has 0 aromatic carbocycles. The second-order valence-electron chi connectivity index (χ2n) is 6.04. The lowest BCUT2D eigenvalue weighted by atomic mass is 10.1. The van der Waals surface area contributed by atoms with E-state index >= 15 is 0 Å². The Bertz CT molecular complexity index is 204. The van der Waals surface area contributed by atoms with Crippen molar-refractivity contribution in [3.05, 3.63) is 0 Å². The second kappa shape index (κ2) is 7.34. The average molecular weight is 243 g/mol. The third kappa shape index (κ3) is 7.02. The van der Waals surface area contributed by atoms with E-state index in [0.29, 0.717) is 6.10 Å². The smallest absolute Gasteiger partial charge is 0.0707 e. The van der Waals surface area contributed by atoms with Crippen LogP contribution in [0, 0.1) is 5.92 Å². The first-order chi connectivity index (χ1) is 7.99. The fourth-order valence-electron chi connectivity index (χ4n) is 2.05. The van der Waals surface area contributed by atoms with Gasteiger partial charge >= 0.3 is 0 Å². The molecule has 0 spiro atoms. The molecule has 0 bridgehead atoms. The molecule has 1 rings (SSSR count). The molecule has 1 saturated heterocycles. The van der Waals surface area contributed by atoms with Crippen LogP contribution >= 0.6 is 0 Å². The molecule has 0 aromatic rings. The number of hydrogen-bond acceptors (Lipinski definition) is 3. The van der Waals surface area contributed by atoms with E-state index in [1.165, 1.54) is 12.8 Å². The predicted molar refractivity (Wildman–Crippen MR) is 71.3 cm³/mol. The zero-order chi connectivity index (χ0) is 12.7. The van der Waals surface area contributed by atoms with Crippen molar-refractivity contribution in [1.82, 2.24) is 5.32 Å². The Hall–Kier alpha value is -0.120. The Morgan fingerprint density at radius 2 is 2.12 bits per heavy atom. The van der Waals surface area contributed by atoms with Crippen LogP contribution in [-0.2, 0) is 9.47 Å². The Morgan fingerprint density at radius 3 is 2.71 bits per heavy atom. The minimum absolute atomic E-state index is 0.0834. The van der Waals surface area contributed by atoms with Crippen molar-refractivity contribution in [1.29, 1.82) is 0 Å². The highest BCUT2D eigenvalue weighted by Crippen LogP contribution is 2.28. The number of rotatable bonds is 8. The summed E-state index contributed by atoms with van der Waals surface area (Å²) >= 11 is 0. The van der Waals surface area contributed by atoms with Crippen LogP contribution in [0.3, 0.4) is 0 Å². The Morgan fingerprint density at radius 1 is 1.35 bits per heavy atom. The normalized spacial score (nSPS) is 23.5. The molecule has 0 amide bonds. The average Bonchev–Trinajstić information content (AvgIpc) is 2.56. The summed E-state index contributed by atoms with van der Waals surface area (Å²) in [6.45, 7) is 12.4. The fourth-order valence-corrected chi connectivity index (χ4v) is 2.05. The molecule has 0 aromatic heterocycles. The maximum atomic E-state index is 5.90. The summed E-state index contributed by atoms with van der Waals surface area (Å²) in [5.74, 6) is 0.733. The maximum Gasteiger partial charge on any atom is 0.0707 e. The molecular formula is C14H29NO2. The van der Waals surface area contributed by atoms with Crippen LogP contribution in [0.25, 0.3) is 0 Å². The van der Waals surface area contributed by atoms with Crippen molar-refractivity contribution in [2.45, 2.75) is 58.7 Å². The zero-order valence-electron chi connectivity index (χ0n) is 11.9. The molecule has 0 radical (unpaired) electrons. The molecule has 17 heavy (non-hydrogen) atoms. The van der Waals surface area contributed by atoms with Gasteiger partial charge in [-0.1, -0.05) is 13.8 Å². The van der Waals surface area contributed by atoms with Gasteiger partial charge in [0, 0.05) is 19.7 Å². The van der Waals surface area contributed by atoms with Gasteiger partial charge in [0.05, 0.1) is 18.3 Å². The molecule has 3 heteroatoms. The minimum Gasteiger partial charge on any atom is -0.380 e. The number of hydrogen-bond donors (Lipinski definition) is 1. The second-order valence-corrected chi connectivity index (χ2v) is 6.04. The largest absolute Gasteiger partial charge is 0.380 e. The SMILES string of the molecule is CC(C)CCOCCNCC1CCC(C)(C)O1. The summed E-state index contributed by atoms with van der Waals surface area (Å²) in [6, 6.07) is 0. The van der Waals surface area contributed by atoms with Gasteiger partial charge in [-0.25, -0.2) is 0 Å². The molecule has 1 fully saturated rings. The monoisotopic (exact) mass is 243 g/mol.